The molecule has 5 heteroatoms. The van der Waals surface area contributed by atoms with Crippen LogP contribution in [0.5, 0.6) is 5.88 Å². The zero-order valence-corrected chi connectivity index (χ0v) is 14.3. The molecule has 1 aromatic heterocycles. The Hall–Kier alpha value is -2.40. The van der Waals surface area contributed by atoms with Gasteiger partial charge in [-0.2, -0.15) is 0 Å². The van der Waals surface area contributed by atoms with E-state index < -0.39 is 5.60 Å². The van der Waals surface area contributed by atoms with Gasteiger partial charge in [0, 0.05) is 18.8 Å². The van der Waals surface area contributed by atoms with E-state index in [0.29, 0.717) is 31.9 Å². The lowest BCUT2D eigenvalue weighted by atomic mass is 9.98. The van der Waals surface area contributed by atoms with Crippen molar-refractivity contribution in [3.63, 3.8) is 0 Å². The second kappa shape index (κ2) is 8.12. The summed E-state index contributed by atoms with van der Waals surface area (Å²) >= 11 is 0. The van der Waals surface area contributed by atoms with Gasteiger partial charge in [0.05, 0.1) is 12.0 Å². The van der Waals surface area contributed by atoms with Gasteiger partial charge in [0.2, 0.25) is 11.8 Å². The summed E-state index contributed by atoms with van der Waals surface area (Å²) in [4.78, 5) is 16.3. The average molecular weight is 340 g/mol. The van der Waals surface area contributed by atoms with Gasteiger partial charge >= 0.3 is 0 Å². The van der Waals surface area contributed by atoms with Crippen LogP contribution in [-0.2, 0) is 17.9 Å². The van der Waals surface area contributed by atoms with Crippen LogP contribution in [-0.4, -0.2) is 21.6 Å². The molecule has 0 radical (unpaired) electrons. The highest BCUT2D eigenvalue weighted by Gasteiger charge is 2.33. The van der Waals surface area contributed by atoms with Gasteiger partial charge in [0.25, 0.3) is 0 Å². The smallest absolute Gasteiger partial charge is 0.223 e. The molecule has 0 bridgehead atoms. The number of benzene rings is 1. The number of hydrogen-bond donors (Lipinski definition) is 2. The Labute approximate surface area is 148 Å². The first kappa shape index (κ1) is 17.4. The van der Waals surface area contributed by atoms with Crippen LogP contribution in [0.15, 0.2) is 48.7 Å². The van der Waals surface area contributed by atoms with E-state index in [1.807, 2.05) is 42.5 Å². The molecule has 2 N–H and O–H groups in total. The number of pyridine rings is 1. The lowest BCUT2D eigenvalue weighted by Gasteiger charge is -2.21. The molecule has 1 aromatic carbocycles. The van der Waals surface area contributed by atoms with Gasteiger partial charge < -0.3 is 15.2 Å². The molecule has 0 aliphatic heterocycles. The summed E-state index contributed by atoms with van der Waals surface area (Å²) in [6.45, 7) is 0.857. The number of aliphatic hydroxyl groups is 1. The Morgan fingerprint density at radius 2 is 1.92 bits per heavy atom. The summed E-state index contributed by atoms with van der Waals surface area (Å²) in [5.41, 5.74) is 1.18. The topological polar surface area (TPSA) is 71.5 Å². The van der Waals surface area contributed by atoms with Crippen LogP contribution in [0, 0.1) is 0 Å². The monoisotopic (exact) mass is 340 g/mol. The van der Waals surface area contributed by atoms with E-state index in [4.69, 9.17) is 4.74 Å². The fraction of sp³-hybridized carbons (Fsp3) is 0.400. The third-order valence-electron chi connectivity index (χ3n) is 4.54. The summed E-state index contributed by atoms with van der Waals surface area (Å²) in [6.07, 6.45) is 5.27. The van der Waals surface area contributed by atoms with E-state index in [0.717, 1.165) is 24.0 Å². The minimum Gasteiger partial charge on any atom is -0.473 e. The van der Waals surface area contributed by atoms with Crippen LogP contribution in [0.4, 0.5) is 0 Å². The largest absolute Gasteiger partial charge is 0.473 e. The third kappa shape index (κ3) is 5.29. The standard InChI is InChI=1S/C20H24N2O3/c23-18(13-20(24)9-4-5-10-20)22-14-17-8-11-21-19(12-17)25-15-16-6-2-1-3-7-16/h1-3,6-8,11-12,24H,4-5,9-10,13-15H2,(H,22,23). The van der Waals surface area contributed by atoms with E-state index in [-0.39, 0.29) is 12.3 Å². The lowest BCUT2D eigenvalue weighted by molar-refractivity contribution is -0.126. The molecule has 0 saturated heterocycles. The fourth-order valence-electron chi connectivity index (χ4n) is 3.14. The fourth-order valence-corrected chi connectivity index (χ4v) is 3.14. The van der Waals surface area contributed by atoms with Crippen LogP contribution in [0.3, 0.4) is 0 Å². The van der Waals surface area contributed by atoms with E-state index >= 15 is 0 Å². The Morgan fingerprint density at radius 3 is 2.68 bits per heavy atom. The molecule has 1 aliphatic carbocycles. The average Bonchev–Trinajstić information content (AvgIpc) is 3.05. The van der Waals surface area contributed by atoms with Gasteiger partial charge in [0.15, 0.2) is 0 Å². The van der Waals surface area contributed by atoms with Gasteiger partial charge in [-0.05, 0) is 30.0 Å². The molecule has 2 aromatic rings. The van der Waals surface area contributed by atoms with Crippen molar-refractivity contribution in [2.75, 3.05) is 0 Å². The molecule has 5 nitrogen and oxygen atoms in total. The number of aromatic nitrogens is 1. The predicted molar refractivity (Wildman–Crippen MR) is 94.9 cm³/mol. The van der Waals surface area contributed by atoms with Crippen molar-refractivity contribution < 1.29 is 14.6 Å². The molecule has 0 atom stereocenters. The predicted octanol–water partition coefficient (Wildman–Crippen LogP) is 2.97. The van der Waals surface area contributed by atoms with Gasteiger partial charge in [0.1, 0.15) is 6.61 Å². The number of amides is 1. The molecule has 25 heavy (non-hydrogen) atoms. The molecule has 1 heterocycles. The summed E-state index contributed by atoms with van der Waals surface area (Å²) in [5.74, 6) is 0.415. The van der Waals surface area contributed by atoms with Crippen molar-refractivity contribution in [3.05, 3.63) is 59.8 Å². The highest BCUT2D eigenvalue weighted by atomic mass is 16.5. The van der Waals surface area contributed by atoms with Crippen LogP contribution in [0.2, 0.25) is 0 Å². The maximum Gasteiger partial charge on any atom is 0.223 e. The minimum absolute atomic E-state index is 0.118. The molecule has 1 fully saturated rings. The molecular formula is C20H24N2O3. The van der Waals surface area contributed by atoms with E-state index in [1.54, 1.807) is 6.20 Å². The van der Waals surface area contributed by atoms with Crippen molar-refractivity contribution in [2.24, 2.45) is 0 Å². The first-order valence-corrected chi connectivity index (χ1v) is 8.74. The third-order valence-corrected chi connectivity index (χ3v) is 4.54. The number of hydrogen-bond acceptors (Lipinski definition) is 4. The van der Waals surface area contributed by atoms with E-state index in [1.165, 1.54) is 0 Å². The molecule has 0 unspecified atom stereocenters. The van der Waals surface area contributed by atoms with Gasteiger partial charge in [-0.3, -0.25) is 4.79 Å². The zero-order chi connectivity index (χ0) is 17.5. The lowest BCUT2D eigenvalue weighted by Crippen LogP contribution is -2.34. The molecule has 0 spiro atoms. The van der Waals surface area contributed by atoms with E-state index in [2.05, 4.69) is 10.3 Å². The molecule has 132 valence electrons. The van der Waals surface area contributed by atoms with Crippen molar-refractivity contribution >= 4 is 5.91 Å². The maximum absolute atomic E-state index is 12.1. The normalized spacial score (nSPS) is 15.7. The van der Waals surface area contributed by atoms with Crippen molar-refractivity contribution in [1.82, 2.24) is 10.3 Å². The quantitative estimate of drug-likeness (QED) is 0.813. The second-order valence-electron chi connectivity index (χ2n) is 6.66. The minimum atomic E-state index is -0.813. The Kier molecular flexibility index (Phi) is 5.66. The van der Waals surface area contributed by atoms with Gasteiger partial charge in [-0.1, -0.05) is 43.2 Å². The van der Waals surface area contributed by atoms with Crippen molar-refractivity contribution in [1.29, 1.82) is 0 Å². The number of nitrogens with one attached hydrogen (secondary N) is 1. The number of ether oxygens (including phenoxy) is 1. The van der Waals surface area contributed by atoms with Crippen molar-refractivity contribution in [2.45, 2.75) is 50.9 Å². The molecule has 1 saturated carbocycles. The first-order valence-electron chi connectivity index (χ1n) is 8.74. The summed E-state index contributed by atoms with van der Waals surface area (Å²) < 4.78 is 5.70. The highest BCUT2D eigenvalue weighted by molar-refractivity contribution is 5.77. The summed E-state index contributed by atoms with van der Waals surface area (Å²) in [5, 5.41) is 13.2. The summed E-state index contributed by atoms with van der Waals surface area (Å²) in [6, 6.07) is 13.6. The number of rotatable bonds is 7. The van der Waals surface area contributed by atoms with Crippen LogP contribution < -0.4 is 10.1 Å². The Morgan fingerprint density at radius 1 is 1.16 bits per heavy atom. The number of carbonyl (C=O) groups excluding carboxylic acids is 1. The molecule has 1 aliphatic rings. The molecular weight excluding hydrogens is 316 g/mol. The molecule has 3 rings (SSSR count). The zero-order valence-electron chi connectivity index (χ0n) is 14.3. The SMILES string of the molecule is O=C(CC1(O)CCCC1)NCc1ccnc(OCc2ccccc2)c1. The number of carbonyl (C=O) groups is 1. The first-order chi connectivity index (χ1) is 12.1. The molecule has 1 amide bonds. The van der Waals surface area contributed by atoms with Gasteiger partial charge in [-0.25, -0.2) is 4.98 Å². The Bertz CT molecular complexity index is 697. The van der Waals surface area contributed by atoms with Crippen LogP contribution in [0.1, 0.15) is 43.2 Å². The van der Waals surface area contributed by atoms with Crippen LogP contribution in [0.25, 0.3) is 0 Å². The van der Waals surface area contributed by atoms with Gasteiger partial charge in [-0.15, -0.1) is 0 Å². The Balaban J connectivity index is 1.48. The van der Waals surface area contributed by atoms with Crippen LogP contribution >= 0.6 is 0 Å². The summed E-state index contributed by atoms with van der Waals surface area (Å²) in [7, 11) is 0. The number of nitrogens with zero attached hydrogens (tertiary/aromatic N) is 1. The highest BCUT2D eigenvalue weighted by Crippen LogP contribution is 2.32. The van der Waals surface area contributed by atoms with Crippen molar-refractivity contribution in [3.8, 4) is 5.88 Å². The van der Waals surface area contributed by atoms with E-state index in [9.17, 15) is 9.90 Å². The maximum atomic E-state index is 12.1. The second-order valence-corrected chi connectivity index (χ2v) is 6.66.